The molecule has 2 aromatic rings. The van der Waals surface area contributed by atoms with Crippen LogP contribution in [0.3, 0.4) is 0 Å². The highest BCUT2D eigenvalue weighted by Gasteiger charge is 2.32. The average molecular weight is 456 g/mol. The first-order chi connectivity index (χ1) is 15.3. The second-order valence-corrected chi connectivity index (χ2v) is 9.25. The van der Waals surface area contributed by atoms with Crippen molar-refractivity contribution >= 4 is 45.7 Å². The number of amides is 3. The normalized spacial score (nSPS) is 16.4. The number of imide groups is 1. The Balaban J connectivity index is 1.62. The van der Waals surface area contributed by atoms with Gasteiger partial charge in [0, 0.05) is 42.4 Å². The zero-order valence-corrected chi connectivity index (χ0v) is 19.1. The maximum absolute atomic E-state index is 13.0. The molecule has 0 spiro atoms. The fourth-order valence-corrected chi connectivity index (χ4v) is 5.35. The van der Waals surface area contributed by atoms with Crippen molar-refractivity contribution in [2.24, 2.45) is 0 Å². The summed E-state index contributed by atoms with van der Waals surface area (Å²) >= 11 is 1.39. The van der Waals surface area contributed by atoms with Crippen LogP contribution in [0, 0.1) is 0 Å². The molecule has 1 aromatic heterocycles. The maximum Gasteiger partial charge on any atom is 0.341 e. The molecule has 8 nitrogen and oxygen atoms in total. The largest absolute Gasteiger partial charge is 0.465 e. The molecule has 1 aromatic carbocycles. The molecule has 32 heavy (non-hydrogen) atoms. The van der Waals surface area contributed by atoms with Crippen LogP contribution in [0.25, 0.3) is 0 Å². The summed E-state index contributed by atoms with van der Waals surface area (Å²) in [4.78, 5) is 54.1. The molecule has 168 valence electrons. The summed E-state index contributed by atoms with van der Waals surface area (Å²) in [5, 5.41) is 3.31. The molecular formula is C23H25N3O5S. The quantitative estimate of drug-likeness (QED) is 0.549. The van der Waals surface area contributed by atoms with E-state index < -0.39 is 11.9 Å². The van der Waals surface area contributed by atoms with E-state index in [4.69, 9.17) is 4.74 Å². The molecule has 4 rings (SSSR count). The number of methoxy groups -OCH3 is 1. The number of benzene rings is 1. The standard InChI is InChI=1S/C23H25N3O5S/c1-13(2)25-10-9-16-17(12-25)32-22(20(16)23(30)31-3)24-21(29)14-5-4-6-15(11-14)26-18(27)7-8-19(26)28/h4-6,11,13H,7-10,12H2,1-3H3,(H,24,29). The first kappa shape index (κ1) is 22.2. The monoisotopic (exact) mass is 455 g/mol. The SMILES string of the molecule is COC(=O)c1c(NC(=O)c2cccc(N3C(=O)CCC3=O)c2)sc2c1CCN(C(C)C)C2. The van der Waals surface area contributed by atoms with Crippen molar-refractivity contribution in [1.29, 1.82) is 0 Å². The van der Waals surface area contributed by atoms with Gasteiger partial charge < -0.3 is 10.1 Å². The number of carbonyl (C=O) groups is 4. The third-order valence-corrected chi connectivity index (χ3v) is 6.98. The Morgan fingerprint density at radius 2 is 1.84 bits per heavy atom. The molecule has 3 amide bonds. The minimum Gasteiger partial charge on any atom is -0.465 e. The van der Waals surface area contributed by atoms with Crippen molar-refractivity contribution in [2.75, 3.05) is 23.9 Å². The molecule has 0 saturated carbocycles. The Morgan fingerprint density at radius 1 is 1.12 bits per heavy atom. The molecular weight excluding hydrogens is 430 g/mol. The lowest BCUT2D eigenvalue weighted by Crippen LogP contribution is -2.35. The average Bonchev–Trinajstić information content (AvgIpc) is 3.31. The minimum absolute atomic E-state index is 0.173. The summed E-state index contributed by atoms with van der Waals surface area (Å²) in [6, 6.07) is 6.76. The number of esters is 1. The van der Waals surface area contributed by atoms with Crippen molar-refractivity contribution in [3.63, 3.8) is 0 Å². The van der Waals surface area contributed by atoms with E-state index >= 15 is 0 Å². The van der Waals surface area contributed by atoms with Gasteiger partial charge in [0.05, 0.1) is 18.4 Å². The molecule has 9 heteroatoms. The molecule has 3 heterocycles. The van der Waals surface area contributed by atoms with Gasteiger partial charge in [-0.05, 0) is 44.0 Å². The van der Waals surface area contributed by atoms with Crippen molar-refractivity contribution in [3.05, 3.63) is 45.8 Å². The molecule has 1 fully saturated rings. The van der Waals surface area contributed by atoms with Gasteiger partial charge in [-0.1, -0.05) is 6.07 Å². The van der Waals surface area contributed by atoms with Gasteiger partial charge in [0.2, 0.25) is 11.8 Å². The van der Waals surface area contributed by atoms with Crippen LogP contribution >= 0.6 is 11.3 Å². The van der Waals surface area contributed by atoms with Gasteiger partial charge in [-0.25, -0.2) is 4.79 Å². The first-order valence-electron chi connectivity index (χ1n) is 10.5. The summed E-state index contributed by atoms with van der Waals surface area (Å²) in [5.74, 6) is -1.45. The number of rotatable bonds is 5. The Kier molecular flexibility index (Phi) is 6.12. The number of nitrogens with one attached hydrogen (secondary N) is 1. The zero-order valence-electron chi connectivity index (χ0n) is 18.3. The third kappa shape index (κ3) is 4.05. The number of hydrogen-bond donors (Lipinski definition) is 1. The molecule has 0 aliphatic carbocycles. The van der Waals surface area contributed by atoms with Gasteiger partial charge in [0.25, 0.3) is 5.91 Å². The van der Waals surface area contributed by atoms with E-state index in [9.17, 15) is 19.2 Å². The summed E-state index contributed by atoms with van der Waals surface area (Å²) in [7, 11) is 1.33. The van der Waals surface area contributed by atoms with Gasteiger partial charge in [0.15, 0.2) is 0 Å². The Morgan fingerprint density at radius 3 is 2.50 bits per heavy atom. The molecule has 2 aliphatic heterocycles. The lowest BCUT2D eigenvalue weighted by atomic mass is 10.0. The highest BCUT2D eigenvalue weighted by molar-refractivity contribution is 7.17. The van der Waals surface area contributed by atoms with Crippen LogP contribution in [-0.4, -0.2) is 48.3 Å². The van der Waals surface area contributed by atoms with Crippen LogP contribution in [0.15, 0.2) is 24.3 Å². The van der Waals surface area contributed by atoms with Crippen molar-refractivity contribution < 1.29 is 23.9 Å². The maximum atomic E-state index is 13.0. The minimum atomic E-state index is -0.474. The van der Waals surface area contributed by atoms with Crippen molar-refractivity contribution in [1.82, 2.24) is 4.90 Å². The molecule has 1 N–H and O–H groups in total. The van der Waals surface area contributed by atoms with Crippen LogP contribution in [0.2, 0.25) is 0 Å². The third-order valence-electron chi connectivity index (χ3n) is 5.85. The summed E-state index contributed by atoms with van der Waals surface area (Å²) in [5.41, 5.74) is 2.00. The van der Waals surface area contributed by atoms with Gasteiger partial charge >= 0.3 is 5.97 Å². The molecule has 0 atom stereocenters. The Labute approximate surface area is 190 Å². The van der Waals surface area contributed by atoms with Crippen LogP contribution in [0.4, 0.5) is 10.7 Å². The van der Waals surface area contributed by atoms with E-state index in [2.05, 4.69) is 24.1 Å². The summed E-state index contributed by atoms with van der Waals surface area (Å²) in [6.07, 6.45) is 1.05. The number of carbonyl (C=O) groups excluding carboxylic acids is 4. The Hall–Kier alpha value is -3.04. The molecule has 0 radical (unpaired) electrons. The van der Waals surface area contributed by atoms with Crippen molar-refractivity contribution in [2.45, 2.75) is 45.7 Å². The number of fused-ring (bicyclic) bond motifs is 1. The van der Waals surface area contributed by atoms with E-state index in [0.29, 0.717) is 40.8 Å². The lowest BCUT2D eigenvalue weighted by Gasteiger charge is -2.30. The predicted octanol–water partition coefficient (Wildman–Crippen LogP) is 3.21. The predicted molar refractivity (Wildman–Crippen MR) is 121 cm³/mol. The summed E-state index contributed by atoms with van der Waals surface area (Å²) in [6.45, 7) is 5.81. The smallest absolute Gasteiger partial charge is 0.341 e. The zero-order chi connectivity index (χ0) is 23.0. The topological polar surface area (TPSA) is 96.0 Å². The van der Waals surface area contributed by atoms with Crippen LogP contribution in [0.1, 0.15) is 57.8 Å². The van der Waals surface area contributed by atoms with Gasteiger partial charge in [-0.2, -0.15) is 0 Å². The van der Waals surface area contributed by atoms with E-state index in [1.807, 2.05) is 0 Å². The van der Waals surface area contributed by atoms with Crippen LogP contribution < -0.4 is 10.2 Å². The van der Waals surface area contributed by atoms with E-state index in [1.54, 1.807) is 18.2 Å². The van der Waals surface area contributed by atoms with Crippen molar-refractivity contribution in [3.8, 4) is 0 Å². The van der Waals surface area contributed by atoms with E-state index in [-0.39, 0.29) is 24.7 Å². The Bertz CT molecular complexity index is 1090. The fraction of sp³-hybridized carbons (Fsp3) is 0.391. The lowest BCUT2D eigenvalue weighted by molar-refractivity contribution is -0.121. The van der Waals surface area contributed by atoms with E-state index in [0.717, 1.165) is 21.9 Å². The number of anilines is 2. The summed E-state index contributed by atoms with van der Waals surface area (Å²) < 4.78 is 4.99. The molecule has 0 unspecified atom stereocenters. The number of ether oxygens (including phenoxy) is 1. The second kappa shape index (κ2) is 8.84. The first-order valence-corrected chi connectivity index (χ1v) is 11.4. The second-order valence-electron chi connectivity index (χ2n) is 8.14. The van der Waals surface area contributed by atoms with Gasteiger partial charge in [-0.15, -0.1) is 11.3 Å². The van der Waals surface area contributed by atoms with Gasteiger partial charge in [0.1, 0.15) is 5.00 Å². The fourth-order valence-electron chi connectivity index (χ4n) is 4.10. The van der Waals surface area contributed by atoms with Gasteiger partial charge in [-0.3, -0.25) is 24.2 Å². The van der Waals surface area contributed by atoms with Crippen LogP contribution in [0.5, 0.6) is 0 Å². The molecule has 0 bridgehead atoms. The van der Waals surface area contributed by atoms with Crippen LogP contribution in [-0.2, 0) is 27.3 Å². The number of thiophene rings is 1. The highest BCUT2D eigenvalue weighted by atomic mass is 32.1. The number of hydrogen-bond acceptors (Lipinski definition) is 7. The number of nitrogens with zero attached hydrogens (tertiary/aromatic N) is 2. The molecule has 1 saturated heterocycles. The van der Waals surface area contributed by atoms with E-state index in [1.165, 1.54) is 24.5 Å². The highest BCUT2D eigenvalue weighted by Crippen LogP contribution is 2.38. The molecule has 2 aliphatic rings.